The van der Waals surface area contributed by atoms with Crippen molar-refractivity contribution < 1.29 is 51.6 Å². The Bertz CT molecular complexity index is 32.8. The van der Waals surface area contributed by atoms with Crippen LogP contribution in [0.2, 0.25) is 0 Å². The average Bonchev–Trinajstić information content (AvgIpc) is 0.811. The van der Waals surface area contributed by atoms with Crippen molar-refractivity contribution in [3.8, 4) is 0 Å². The summed E-state index contributed by atoms with van der Waals surface area (Å²) in [4.78, 5) is 0. The van der Waals surface area contributed by atoms with Gasteiger partial charge in [-0.2, -0.15) is 4.21 Å². The fourth-order valence-electron chi connectivity index (χ4n) is 0. The zero-order chi connectivity index (χ0) is 3.58. The van der Waals surface area contributed by atoms with E-state index in [4.69, 9.17) is 13.3 Å². The van der Waals surface area contributed by atoms with Gasteiger partial charge in [-0.3, -0.25) is 9.11 Å². The van der Waals surface area contributed by atoms with Crippen molar-refractivity contribution in [2.24, 2.45) is 0 Å². The van der Waals surface area contributed by atoms with Crippen LogP contribution in [0.3, 0.4) is 0 Å². The fraction of sp³-hybridized carbons (Fsp3) is 0. The molecule has 0 aromatic rings. The van der Waals surface area contributed by atoms with E-state index in [2.05, 4.69) is 0 Å². The van der Waals surface area contributed by atoms with Crippen molar-refractivity contribution in [1.29, 1.82) is 0 Å². The van der Waals surface area contributed by atoms with Gasteiger partial charge < -0.3 is 38.3 Å². The molecule has 0 fully saturated rings. The Morgan fingerprint density at radius 1 is 0.667 bits per heavy atom. The second kappa shape index (κ2) is 95.6. The monoisotopic (exact) mass is 231 g/mol. The molecule has 0 saturated carbocycles. The van der Waals surface area contributed by atoms with Crippen molar-refractivity contribution in [2.45, 2.75) is 0 Å². The Morgan fingerprint density at radius 3 is 0.667 bits per heavy atom. The summed E-state index contributed by atoms with van der Waals surface area (Å²) in [5, 5.41) is 0. The third-order valence-corrected chi connectivity index (χ3v) is 0. The molecule has 16 N–H and O–H groups in total. The van der Waals surface area contributed by atoms with Crippen LogP contribution in [0.1, 0.15) is 0 Å². The zero-order valence-corrected chi connectivity index (χ0v) is 9.03. The first-order valence-corrected chi connectivity index (χ1v) is 1.60. The molecular weight excluding hydrogens is 215 g/mol. The van der Waals surface area contributed by atoms with E-state index >= 15 is 0 Å². The first kappa shape index (κ1) is 124. The Hall–Kier alpha value is 0.790. The van der Waals surface area contributed by atoms with E-state index in [1.165, 1.54) is 0 Å². The van der Waals surface area contributed by atoms with Crippen LogP contribution in [0.15, 0.2) is 0 Å². The maximum absolute atomic E-state index is 8.67. The average molecular weight is 231 g/mol. The van der Waals surface area contributed by atoms with Crippen LogP contribution in [0.4, 0.5) is 0 Å². The minimum absolute atomic E-state index is 0. The van der Waals surface area contributed by atoms with Gasteiger partial charge in [-0.1, -0.05) is 0 Å². The van der Waals surface area contributed by atoms with E-state index in [1.807, 2.05) is 0 Å². The summed E-state index contributed by atoms with van der Waals surface area (Å²) in [6, 6.07) is 0. The molecule has 0 amide bonds. The minimum atomic E-state index is -2.61. The van der Waals surface area contributed by atoms with Gasteiger partial charge >= 0.3 is 0 Å². The van der Waals surface area contributed by atoms with Gasteiger partial charge in [0.2, 0.25) is 0 Å². The Labute approximate surface area is 92.5 Å². The molecule has 0 spiro atoms. The molecule has 1 radical (unpaired) electrons. The predicted molar refractivity (Wildman–Crippen MR) is 44.5 cm³/mol. The van der Waals surface area contributed by atoms with Crippen LogP contribution in [0.25, 0.3) is 0 Å². The van der Waals surface area contributed by atoms with Gasteiger partial charge in [0.1, 0.15) is 0 Å². The third kappa shape index (κ3) is 1660. The summed E-state index contributed by atoms with van der Waals surface area (Å²) in [6.45, 7) is 0. The van der Waals surface area contributed by atoms with E-state index in [1.54, 1.807) is 0 Å². The van der Waals surface area contributed by atoms with Crippen LogP contribution in [0.5, 0.6) is 0 Å². The molecule has 0 unspecified atom stereocenters. The van der Waals surface area contributed by atoms with Crippen molar-refractivity contribution in [2.75, 3.05) is 0 Å². The summed E-state index contributed by atoms with van der Waals surface area (Å²) in [7, 11) is 0. The molecule has 0 heterocycles. The zero-order valence-electron chi connectivity index (χ0n) is 6.21. The maximum Gasteiger partial charge on any atom is 0.299 e. The van der Waals surface area contributed by atoms with Gasteiger partial charge in [-0.05, 0) is 0 Å². The molecule has 0 aromatic heterocycles. The van der Waals surface area contributed by atoms with E-state index in [0.29, 0.717) is 0 Å². The van der Waals surface area contributed by atoms with Crippen molar-refractivity contribution >= 4 is 40.9 Å². The molecule has 0 atom stereocenters. The van der Waals surface area contributed by atoms with Crippen LogP contribution in [-0.2, 0) is 11.4 Å². The van der Waals surface area contributed by atoms with E-state index < -0.39 is 11.4 Å². The quantitative estimate of drug-likeness (QED) is 0.303. The van der Waals surface area contributed by atoms with Gasteiger partial charge in [-0.15, -0.1) is 0 Å². The molecule has 0 bridgehead atoms. The summed E-state index contributed by atoms with van der Waals surface area (Å²) in [5.41, 5.74) is 0. The van der Waals surface area contributed by atoms with Gasteiger partial charge in [-0.25, -0.2) is 0 Å². The molecule has 0 aromatic carbocycles. The maximum atomic E-state index is 8.67. The third-order valence-electron chi connectivity index (χ3n) is 0. The molecule has 83 valence electrons. The number of hydrogen-bond donors (Lipinski definition) is 2. The van der Waals surface area contributed by atoms with Gasteiger partial charge in [0.25, 0.3) is 11.4 Å². The second-order valence-corrected chi connectivity index (χ2v) is 0.692. The molecule has 0 saturated heterocycles. The predicted octanol–water partition coefficient (Wildman–Crippen LogP) is -6.47. The minimum Gasteiger partial charge on any atom is -0.412 e. The van der Waals surface area contributed by atoms with Crippen LogP contribution >= 0.6 is 0 Å². The standard InChI is InChI=1S/Na.H2O3S.7H2O/c;1-4(2)3;;;;;;;/h;(H2,1,2,3);7*1H2. The van der Waals surface area contributed by atoms with Gasteiger partial charge in [0.05, 0.1) is 0 Å². The first-order valence-electron chi connectivity index (χ1n) is 0.532. The second-order valence-electron chi connectivity index (χ2n) is 0.231. The summed E-state index contributed by atoms with van der Waals surface area (Å²) >= 11 is -2.61. The molecule has 12 heavy (non-hydrogen) atoms. The molecule has 0 aliphatic carbocycles. The van der Waals surface area contributed by atoms with Crippen molar-refractivity contribution in [3.05, 3.63) is 0 Å². The Morgan fingerprint density at radius 2 is 0.667 bits per heavy atom. The van der Waals surface area contributed by atoms with E-state index in [-0.39, 0.29) is 67.9 Å². The summed E-state index contributed by atoms with van der Waals surface area (Å²) < 4.78 is 22.8. The number of hydrogen-bond acceptors (Lipinski definition) is 1. The molecule has 10 nitrogen and oxygen atoms in total. The van der Waals surface area contributed by atoms with Crippen LogP contribution in [0, 0.1) is 0 Å². The fourth-order valence-corrected chi connectivity index (χ4v) is 0. The van der Waals surface area contributed by atoms with Crippen LogP contribution in [-0.4, -0.2) is 81.2 Å². The molecule has 0 aliphatic rings. The first-order chi connectivity index (χ1) is 1.73. The van der Waals surface area contributed by atoms with Gasteiger partial charge in [0, 0.05) is 29.6 Å². The Balaban J connectivity index is -0.00000000161. The molecule has 0 rings (SSSR count). The molecule has 12 heteroatoms. The molecule has 0 aliphatic heterocycles. The summed E-state index contributed by atoms with van der Waals surface area (Å²) in [6.07, 6.45) is 0. The summed E-state index contributed by atoms with van der Waals surface area (Å²) in [5.74, 6) is 0. The van der Waals surface area contributed by atoms with Crippen molar-refractivity contribution in [1.82, 2.24) is 0 Å². The van der Waals surface area contributed by atoms with E-state index in [0.717, 1.165) is 0 Å². The Kier molecular flexibility index (Phi) is 986. The van der Waals surface area contributed by atoms with E-state index in [9.17, 15) is 0 Å². The van der Waals surface area contributed by atoms with Crippen molar-refractivity contribution in [3.63, 3.8) is 0 Å². The number of rotatable bonds is 0. The topological polar surface area (TPSA) is 278 Å². The molecular formula is H16NaO10S. The smallest absolute Gasteiger partial charge is 0.299 e. The largest absolute Gasteiger partial charge is 0.412 e. The normalized spacial score (nSPS) is 2.92. The van der Waals surface area contributed by atoms with Gasteiger partial charge in [0.15, 0.2) is 0 Å². The van der Waals surface area contributed by atoms with Crippen LogP contribution < -0.4 is 0 Å². The SMILES string of the molecule is O.O.O.O.O.O.O.O=S(O)O.[Na].